The van der Waals surface area contributed by atoms with Crippen LogP contribution in [0.3, 0.4) is 0 Å². The SMILES string of the molecule is COc1cc(/C=N\N=C2/C(=O)N(Cc3ccccc3)c3ccccc32)cc2c1OCO2. The van der Waals surface area contributed by atoms with Crippen LogP contribution < -0.4 is 19.1 Å². The van der Waals surface area contributed by atoms with Crippen LogP contribution in [-0.2, 0) is 11.3 Å². The molecule has 0 aliphatic carbocycles. The van der Waals surface area contributed by atoms with Crippen LogP contribution in [0.25, 0.3) is 0 Å². The Morgan fingerprint density at radius 1 is 1.06 bits per heavy atom. The van der Waals surface area contributed by atoms with Gasteiger partial charge in [-0.3, -0.25) is 4.79 Å². The molecule has 7 heteroatoms. The van der Waals surface area contributed by atoms with Crippen molar-refractivity contribution in [2.45, 2.75) is 6.54 Å². The van der Waals surface area contributed by atoms with E-state index in [-0.39, 0.29) is 12.7 Å². The summed E-state index contributed by atoms with van der Waals surface area (Å²) in [5.74, 6) is 1.54. The molecule has 5 rings (SSSR count). The third-order valence-corrected chi connectivity index (χ3v) is 5.13. The van der Waals surface area contributed by atoms with Gasteiger partial charge in [-0.25, -0.2) is 0 Å². The third kappa shape index (κ3) is 3.50. The molecule has 0 atom stereocenters. The molecule has 0 saturated heterocycles. The van der Waals surface area contributed by atoms with Crippen LogP contribution in [0.1, 0.15) is 16.7 Å². The fourth-order valence-corrected chi connectivity index (χ4v) is 3.66. The molecule has 2 heterocycles. The summed E-state index contributed by atoms with van der Waals surface area (Å²) in [6, 6.07) is 21.0. The normalized spacial score (nSPS) is 15.7. The number of benzene rings is 3. The summed E-state index contributed by atoms with van der Waals surface area (Å²) >= 11 is 0. The van der Waals surface area contributed by atoms with Crippen LogP contribution in [0.4, 0.5) is 5.69 Å². The van der Waals surface area contributed by atoms with E-state index in [0.717, 1.165) is 22.4 Å². The number of ether oxygens (including phenoxy) is 3. The van der Waals surface area contributed by atoms with Crippen LogP contribution in [0.15, 0.2) is 76.9 Å². The van der Waals surface area contributed by atoms with Gasteiger partial charge in [-0.15, -0.1) is 5.10 Å². The van der Waals surface area contributed by atoms with Crippen molar-refractivity contribution in [3.05, 3.63) is 83.4 Å². The van der Waals surface area contributed by atoms with Gasteiger partial charge in [0.05, 0.1) is 25.6 Å². The summed E-state index contributed by atoms with van der Waals surface area (Å²) < 4.78 is 16.2. The van der Waals surface area contributed by atoms with Crippen LogP contribution >= 0.6 is 0 Å². The minimum atomic E-state index is -0.175. The van der Waals surface area contributed by atoms with Gasteiger partial charge in [0.2, 0.25) is 12.5 Å². The molecule has 31 heavy (non-hydrogen) atoms. The van der Waals surface area contributed by atoms with E-state index in [9.17, 15) is 4.79 Å². The van der Waals surface area contributed by atoms with Gasteiger partial charge in [-0.2, -0.15) is 5.10 Å². The second-order valence-corrected chi connectivity index (χ2v) is 7.04. The van der Waals surface area contributed by atoms with Gasteiger partial charge in [-0.05, 0) is 23.8 Å². The van der Waals surface area contributed by atoms with Gasteiger partial charge in [0.15, 0.2) is 17.2 Å². The lowest BCUT2D eigenvalue weighted by Gasteiger charge is -2.16. The fraction of sp³-hybridized carbons (Fsp3) is 0.125. The molecular weight excluding hydrogens is 394 g/mol. The number of methoxy groups -OCH3 is 1. The number of amides is 1. The second-order valence-electron chi connectivity index (χ2n) is 7.04. The smallest absolute Gasteiger partial charge is 0.279 e. The highest BCUT2D eigenvalue weighted by atomic mass is 16.7. The molecule has 154 valence electrons. The standard InChI is InChI=1S/C24H19N3O4/c1-29-20-11-17(12-21-23(20)31-15-30-21)13-25-26-22-18-9-5-6-10-19(18)27(24(22)28)14-16-7-3-2-4-8-16/h2-13H,14-15H2,1H3/b25-13-,26-22-. The highest BCUT2D eigenvalue weighted by Crippen LogP contribution is 2.41. The number of para-hydroxylation sites is 1. The maximum Gasteiger partial charge on any atom is 0.279 e. The Morgan fingerprint density at radius 3 is 2.71 bits per heavy atom. The maximum atomic E-state index is 13.1. The molecule has 3 aromatic rings. The van der Waals surface area contributed by atoms with E-state index in [2.05, 4.69) is 10.2 Å². The van der Waals surface area contributed by atoms with Gasteiger partial charge in [-0.1, -0.05) is 48.5 Å². The van der Waals surface area contributed by atoms with Crippen molar-refractivity contribution in [3.63, 3.8) is 0 Å². The Balaban J connectivity index is 1.44. The average molecular weight is 413 g/mol. The van der Waals surface area contributed by atoms with Gasteiger partial charge in [0.25, 0.3) is 5.91 Å². The molecule has 3 aromatic carbocycles. The van der Waals surface area contributed by atoms with E-state index in [1.165, 1.54) is 0 Å². The molecule has 2 aliphatic rings. The van der Waals surface area contributed by atoms with Crippen LogP contribution in [0.5, 0.6) is 17.2 Å². The zero-order valence-corrected chi connectivity index (χ0v) is 16.8. The Hall–Kier alpha value is -4.13. The quantitative estimate of drug-likeness (QED) is 0.471. The van der Waals surface area contributed by atoms with Crippen molar-refractivity contribution in [2.75, 3.05) is 18.8 Å². The number of hydrogen-bond donors (Lipinski definition) is 0. The lowest BCUT2D eigenvalue weighted by Crippen LogP contribution is -2.29. The Kier molecular flexibility index (Phi) is 4.84. The Morgan fingerprint density at radius 2 is 1.87 bits per heavy atom. The predicted octanol–water partition coefficient (Wildman–Crippen LogP) is 3.79. The molecular formula is C24H19N3O4. The van der Waals surface area contributed by atoms with E-state index in [1.807, 2.05) is 54.6 Å². The summed E-state index contributed by atoms with van der Waals surface area (Å²) in [4.78, 5) is 14.9. The topological polar surface area (TPSA) is 72.7 Å². The molecule has 0 radical (unpaired) electrons. The number of hydrogen-bond acceptors (Lipinski definition) is 6. The molecule has 0 saturated carbocycles. The van der Waals surface area contributed by atoms with Crippen LogP contribution in [0.2, 0.25) is 0 Å². The first-order chi connectivity index (χ1) is 15.2. The van der Waals surface area contributed by atoms with Crippen molar-refractivity contribution >= 4 is 23.5 Å². The van der Waals surface area contributed by atoms with Gasteiger partial charge in [0, 0.05) is 11.1 Å². The summed E-state index contributed by atoms with van der Waals surface area (Å²) in [5.41, 5.74) is 3.68. The molecule has 0 unspecified atom stereocenters. The molecule has 0 aromatic heterocycles. The summed E-state index contributed by atoms with van der Waals surface area (Å²) in [7, 11) is 1.56. The fourth-order valence-electron chi connectivity index (χ4n) is 3.66. The second kappa shape index (κ2) is 7.95. The summed E-state index contributed by atoms with van der Waals surface area (Å²) in [6.07, 6.45) is 1.56. The van der Waals surface area contributed by atoms with E-state index in [0.29, 0.717) is 29.5 Å². The molecule has 0 spiro atoms. The first-order valence-corrected chi connectivity index (χ1v) is 9.78. The van der Waals surface area contributed by atoms with Crippen LogP contribution in [-0.4, -0.2) is 31.7 Å². The molecule has 1 amide bonds. The lowest BCUT2D eigenvalue weighted by atomic mass is 10.1. The highest BCUT2D eigenvalue weighted by Gasteiger charge is 2.33. The molecule has 0 N–H and O–H groups in total. The van der Waals surface area contributed by atoms with Gasteiger partial charge in [0.1, 0.15) is 0 Å². The number of carbonyl (C=O) groups excluding carboxylic acids is 1. The van der Waals surface area contributed by atoms with Crippen molar-refractivity contribution in [2.24, 2.45) is 10.2 Å². The van der Waals surface area contributed by atoms with Crippen molar-refractivity contribution in [3.8, 4) is 17.2 Å². The molecule has 0 bridgehead atoms. The van der Waals surface area contributed by atoms with E-state index < -0.39 is 0 Å². The minimum absolute atomic E-state index is 0.150. The van der Waals surface area contributed by atoms with Crippen molar-refractivity contribution in [1.82, 2.24) is 0 Å². The van der Waals surface area contributed by atoms with Crippen molar-refractivity contribution in [1.29, 1.82) is 0 Å². The number of fused-ring (bicyclic) bond motifs is 2. The van der Waals surface area contributed by atoms with E-state index in [1.54, 1.807) is 30.4 Å². The number of rotatable bonds is 5. The first-order valence-electron chi connectivity index (χ1n) is 9.78. The average Bonchev–Trinajstić information content (AvgIpc) is 3.38. The highest BCUT2D eigenvalue weighted by molar-refractivity contribution is 6.54. The zero-order valence-electron chi connectivity index (χ0n) is 16.8. The number of nitrogens with zero attached hydrogens (tertiary/aromatic N) is 3. The monoisotopic (exact) mass is 413 g/mol. The maximum absolute atomic E-state index is 13.1. The summed E-state index contributed by atoms with van der Waals surface area (Å²) in [6.45, 7) is 0.621. The largest absolute Gasteiger partial charge is 0.493 e. The van der Waals surface area contributed by atoms with Crippen LogP contribution in [0, 0.1) is 0 Å². The predicted molar refractivity (Wildman–Crippen MR) is 117 cm³/mol. The lowest BCUT2D eigenvalue weighted by molar-refractivity contribution is -0.112. The van der Waals surface area contributed by atoms with Gasteiger partial charge < -0.3 is 19.1 Å². The molecule has 7 nitrogen and oxygen atoms in total. The minimum Gasteiger partial charge on any atom is -0.493 e. The Labute approximate surface area is 179 Å². The van der Waals surface area contributed by atoms with Gasteiger partial charge >= 0.3 is 0 Å². The zero-order chi connectivity index (χ0) is 21.2. The molecule has 0 fully saturated rings. The molecule has 2 aliphatic heterocycles. The Bertz CT molecular complexity index is 1200. The van der Waals surface area contributed by atoms with E-state index >= 15 is 0 Å². The number of carbonyl (C=O) groups is 1. The number of anilines is 1. The summed E-state index contributed by atoms with van der Waals surface area (Å²) in [5, 5.41) is 8.44. The third-order valence-electron chi connectivity index (χ3n) is 5.13. The van der Waals surface area contributed by atoms with Crippen molar-refractivity contribution < 1.29 is 19.0 Å². The van der Waals surface area contributed by atoms with E-state index in [4.69, 9.17) is 14.2 Å². The first kappa shape index (κ1) is 18.9.